The molecule has 0 atom stereocenters. The van der Waals surface area contributed by atoms with E-state index in [0.29, 0.717) is 37.4 Å². The zero-order chi connectivity index (χ0) is 50.8. The Morgan fingerprint density at radius 1 is 0.541 bits per heavy atom. The summed E-state index contributed by atoms with van der Waals surface area (Å²) in [6.45, 7) is 2.97. The van der Waals surface area contributed by atoms with E-state index in [-0.39, 0.29) is 11.8 Å². The van der Waals surface area contributed by atoms with Crippen LogP contribution < -0.4 is 29.6 Å². The second kappa shape index (κ2) is 24.2. The van der Waals surface area contributed by atoms with Gasteiger partial charge in [0.15, 0.2) is 0 Å². The van der Waals surface area contributed by atoms with Crippen LogP contribution in [0.1, 0.15) is 36.8 Å². The predicted molar refractivity (Wildman–Crippen MR) is 312 cm³/mol. The van der Waals surface area contributed by atoms with Crippen LogP contribution in [0, 0.1) is 0 Å². The second-order valence-electron chi connectivity index (χ2n) is 18.4. The van der Waals surface area contributed by atoms with E-state index in [4.69, 9.17) is 0 Å². The van der Waals surface area contributed by atoms with Gasteiger partial charge in [-0.2, -0.15) is 0 Å². The molecule has 0 radical (unpaired) electrons. The van der Waals surface area contributed by atoms with Crippen molar-refractivity contribution in [3.05, 3.63) is 191 Å². The van der Waals surface area contributed by atoms with Crippen molar-refractivity contribution < 1.29 is 18.7 Å². The lowest BCUT2D eigenvalue weighted by atomic mass is 10.1. The number of fused-ring (bicyclic) bond motifs is 4. The van der Waals surface area contributed by atoms with Crippen molar-refractivity contribution in [3.63, 3.8) is 0 Å². The van der Waals surface area contributed by atoms with Crippen LogP contribution in [0.25, 0.3) is 45.3 Å². The fourth-order valence-electron chi connectivity index (χ4n) is 9.45. The van der Waals surface area contributed by atoms with E-state index in [1.165, 1.54) is 42.0 Å². The molecule has 374 valence electrons. The van der Waals surface area contributed by atoms with E-state index in [9.17, 15) is 9.59 Å². The number of nitrogens with one attached hydrogen (secondary N) is 2. The lowest BCUT2D eigenvalue weighted by Gasteiger charge is -2.17. The smallest absolute Gasteiger partial charge is 0.247 e. The van der Waals surface area contributed by atoms with Gasteiger partial charge in [0.05, 0.1) is 32.2 Å². The second-order valence-corrected chi connectivity index (χ2v) is 22.7. The van der Waals surface area contributed by atoms with E-state index in [0.717, 1.165) is 69.5 Å². The van der Waals surface area contributed by atoms with Crippen molar-refractivity contribution in [1.29, 1.82) is 0 Å². The van der Waals surface area contributed by atoms with E-state index >= 15 is 0 Å². The molecule has 13 heteroatoms. The first kappa shape index (κ1) is 51.0. The molecule has 10 rings (SSSR count). The Bertz CT molecular complexity index is 3150. The van der Waals surface area contributed by atoms with Crippen LogP contribution >= 0.6 is 47.0 Å². The number of aromatic nitrogens is 2. The highest BCUT2D eigenvalue weighted by atomic mass is 32.2. The summed E-state index contributed by atoms with van der Waals surface area (Å²) in [5.41, 5.74) is 9.17. The summed E-state index contributed by atoms with van der Waals surface area (Å²) < 4.78 is 4.63. The summed E-state index contributed by atoms with van der Waals surface area (Å²) in [5, 5.41) is 13.2. The summed E-state index contributed by atoms with van der Waals surface area (Å²) in [6.07, 6.45) is 7.14. The first-order valence-corrected chi connectivity index (χ1v) is 28.9. The standard InChI is InChI=1S/C61H59N7O2S4/c1-64(36-18-34-62-56(69)32-38-71-60-42-44(40-58-65(2)52-28-14-16-30-54(52)73-58)48-24-10-12-26-50(48)67(60)46-20-6-4-7-21-46)37-19-35-63-57(70)33-39-72-61-43-45(41-59-66(3)53-29-15-17-31-55(53)74-59)49-25-11-13-27-51(49)68(61)47-22-8-5-9-23-47/h4-17,20-31,40-43H,18-19,32-39H2,1-3H3/p+2. The highest BCUT2D eigenvalue weighted by molar-refractivity contribution is 8.04. The van der Waals surface area contributed by atoms with Crippen molar-refractivity contribution in [2.75, 3.05) is 68.6 Å². The SMILES string of the molecule is CN(CCCNC(=O)CCSc1cc(/C=C2\Sc3ccccc3N2C)c2ccccc2[n+]1-c1ccccc1)CCCNC(=O)CCSc1cc(/C=C2/Sc3ccccc3N2C)c2ccccc2[n+]1-c1ccccc1. The average molecular weight is 1050 g/mol. The van der Waals surface area contributed by atoms with Crippen molar-refractivity contribution in [2.45, 2.75) is 45.5 Å². The zero-order valence-corrected chi connectivity index (χ0v) is 45.3. The van der Waals surface area contributed by atoms with Gasteiger partial charge < -0.3 is 25.3 Å². The fourth-order valence-corrected chi connectivity index (χ4v) is 13.7. The molecule has 2 amide bonds. The first-order valence-electron chi connectivity index (χ1n) is 25.3. The first-order chi connectivity index (χ1) is 36.3. The molecule has 0 spiro atoms. The Kier molecular flexibility index (Phi) is 16.7. The zero-order valence-electron chi connectivity index (χ0n) is 42.1. The van der Waals surface area contributed by atoms with Gasteiger partial charge in [-0.05, 0) is 92.7 Å². The van der Waals surface area contributed by atoms with E-state index in [2.05, 4.69) is 225 Å². The van der Waals surface area contributed by atoms with Crippen LogP contribution in [0.4, 0.5) is 11.4 Å². The normalized spacial score (nSPS) is 14.1. The molecule has 6 aromatic carbocycles. The Morgan fingerprint density at radius 3 is 1.36 bits per heavy atom. The molecule has 9 nitrogen and oxygen atoms in total. The number of carbonyl (C=O) groups excluding carboxylic acids is 2. The lowest BCUT2D eigenvalue weighted by molar-refractivity contribution is -0.608. The molecular weight excluding hydrogens is 991 g/mol. The minimum absolute atomic E-state index is 0.0628. The minimum atomic E-state index is 0.0628. The van der Waals surface area contributed by atoms with Gasteiger partial charge in [-0.25, -0.2) is 0 Å². The molecule has 0 fully saturated rings. The summed E-state index contributed by atoms with van der Waals surface area (Å²) in [5.74, 6) is 1.43. The molecule has 2 aliphatic heterocycles. The highest BCUT2D eigenvalue weighted by Gasteiger charge is 2.27. The fraction of sp³-hybridized carbons (Fsp3) is 0.213. The van der Waals surface area contributed by atoms with Crippen LogP contribution in [0.15, 0.2) is 200 Å². The molecule has 4 heterocycles. The van der Waals surface area contributed by atoms with Gasteiger partial charge in [0.1, 0.15) is 0 Å². The number of anilines is 2. The molecule has 2 N–H and O–H groups in total. The molecule has 0 saturated carbocycles. The van der Waals surface area contributed by atoms with Gasteiger partial charge >= 0.3 is 0 Å². The van der Waals surface area contributed by atoms with Crippen LogP contribution in [-0.2, 0) is 9.59 Å². The quantitative estimate of drug-likeness (QED) is 0.0441. The summed E-state index contributed by atoms with van der Waals surface area (Å²) >= 11 is 7.02. The molecule has 8 aromatic rings. The number of hydrogen-bond acceptors (Lipinski definition) is 9. The number of carbonyl (C=O) groups is 2. The van der Waals surface area contributed by atoms with Crippen molar-refractivity contribution in [3.8, 4) is 11.4 Å². The number of nitrogens with zero attached hydrogens (tertiary/aromatic N) is 5. The van der Waals surface area contributed by atoms with Crippen molar-refractivity contribution in [2.24, 2.45) is 0 Å². The number of para-hydroxylation sites is 6. The van der Waals surface area contributed by atoms with Crippen LogP contribution in [0.2, 0.25) is 0 Å². The third-order valence-electron chi connectivity index (χ3n) is 13.3. The van der Waals surface area contributed by atoms with E-state index < -0.39 is 0 Å². The molecule has 2 aliphatic rings. The molecule has 74 heavy (non-hydrogen) atoms. The molecular formula is C61H61N7O2S4+2. The minimum Gasteiger partial charge on any atom is -0.356 e. The van der Waals surface area contributed by atoms with Crippen LogP contribution in [0.5, 0.6) is 0 Å². The highest BCUT2D eigenvalue weighted by Crippen LogP contribution is 2.47. The van der Waals surface area contributed by atoms with Gasteiger partial charge in [-0.1, -0.05) is 132 Å². The Morgan fingerprint density at radius 2 is 0.932 bits per heavy atom. The Hall–Kier alpha value is -6.48. The van der Waals surface area contributed by atoms with Crippen molar-refractivity contribution in [1.82, 2.24) is 15.5 Å². The van der Waals surface area contributed by atoms with Crippen LogP contribution in [0.3, 0.4) is 0 Å². The monoisotopic (exact) mass is 1050 g/mol. The Balaban J connectivity index is 0.681. The van der Waals surface area contributed by atoms with Gasteiger partial charge in [-0.15, -0.1) is 9.13 Å². The maximum absolute atomic E-state index is 13.2. The maximum Gasteiger partial charge on any atom is 0.247 e. The van der Waals surface area contributed by atoms with E-state index in [1.54, 1.807) is 47.0 Å². The summed E-state index contributed by atoms with van der Waals surface area (Å²) in [4.78, 5) is 35.6. The Labute approximate surface area is 452 Å². The molecule has 2 aromatic heterocycles. The molecule has 0 bridgehead atoms. The van der Waals surface area contributed by atoms with Gasteiger partial charge in [0.25, 0.3) is 0 Å². The number of thioether (sulfide) groups is 4. The molecule has 0 aliphatic carbocycles. The average Bonchev–Trinajstić information content (AvgIpc) is 3.92. The van der Waals surface area contributed by atoms with Crippen LogP contribution in [-0.4, -0.2) is 75.5 Å². The number of amides is 2. The predicted octanol–water partition coefficient (Wildman–Crippen LogP) is 12.2. The number of pyridine rings is 2. The van der Waals surface area contributed by atoms with Gasteiger partial charge in [0.2, 0.25) is 44.3 Å². The third kappa shape index (κ3) is 11.9. The van der Waals surface area contributed by atoms with Crippen molar-refractivity contribution >= 4 is 104 Å². The number of benzene rings is 6. The third-order valence-corrected chi connectivity index (χ3v) is 17.6. The molecule has 0 unspecified atom stereocenters. The maximum atomic E-state index is 13.2. The largest absolute Gasteiger partial charge is 0.356 e. The molecule has 0 saturated heterocycles. The van der Waals surface area contributed by atoms with E-state index in [1.807, 2.05) is 12.1 Å². The van der Waals surface area contributed by atoms with Gasteiger partial charge in [0, 0.05) is 110 Å². The summed E-state index contributed by atoms with van der Waals surface area (Å²) in [7, 11) is 6.37. The summed E-state index contributed by atoms with van der Waals surface area (Å²) in [6, 6.07) is 59.7. The topological polar surface area (TPSA) is 75.7 Å². The number of hydrogen-bond donors (Lipinski definition) is 2. The lowest BCUT2D eigenvalue weighted by Crippen LogP contribution is -2.35. The van der Waals surface area contributed by atoms with Gasteiger partial charge in [-0.3, -0.25) is 9.59 Å². The number of rotatable bonds is 20.